The Hall–Kier alpha value is -1.34. The van der Waals surface area contributed by atoms with E-state index in [-0.39, 0.29) is 0 Å². The van der Waals surface area contributed by atoms with E-state index in [1.165, 1.54) is 0 Å². The first kappa shape index (κ1) is 11.7. The largest absolute Gasteiger partial charge is 0.446 e. The first-order valence-corrected chi connectivity index (χ1v) is 6.76. The summed E-state index contributed by atoms with van der Waals surface area (Å²) in [6.45, 7) is 3.93. The molecule has 0 aromatic carbocycles. The molecule has 2 N–H and O–H groups in total. The van der Waals surface area contributed by atoms with Crippen molar-refractivity contribution in [2.75, 3.05) is 31.1 Å². The van der Waals surface area contributed by atoms with Gasteiger partial charge in [0.25, 0.3) is 0 Å². The standard InChI is InChI=1S/C11H14BrN5O/c12-9-3-2-8(18-9)10-14-11(16-15-10)17-6-1-4-13-5-7-17/h2-3,13H,1,4-7H2,(H,14,15,16). The minimum atomic E-state index is 0.660. The van der Waals surface area contributed by atoms with Crippen LogP contribution in [0.3, 0.4) is 0 Å². The van der Waals surface area contributed by atoms with Crippen molar-refractivity contribution in [2.24, 2.45) is 0 Å². The van der Waals surface area contributed by atoms with Gasteiger partial charge >= 0.3 is 0 Å². The van der Waals surface area contributed by atoms with E-state index in [9.17, 15) is 0 Å². The molecule has 3 heterocycles. The van der Waals surface area contributed by atoms with E-state index in [0.29, 0.717) is 16.3 Å². The van der Waals surface area contributed by atoms with Gasteiger partial charge in [-0.1, -0.05) is 0 Å². The Morgan fingerprint density at radius 2 is 2.22 bits per heavy atom. The second kappa shape index (κ2) is 5.11. The van der Waals surface area contributed by atoms with Crippen LogP contribution in [0.1, 0.15) is 6.42 Å². The summed E-state index contributed by atoms with van der Waals surface area (Å²) >= 11 is 3.28. The summed E-state index contributed by atoms with van der Waals surface area (Å²) in [5, 5.41) is 10.5. The second-order valence-electron chi connectivity index (χ2n) is 4.18. The molecule has 0 bridgehead atoms. The molecule has 0 saturated carbocycles. The van der Waals surface area contributed by atoms with Crippen molar-refractivity contribution in [1.82, 2.24) is 20.5 Å². The van der Waals surface area contributed by atoms with E-state index in [0.717, 1.165) is 38.5 Å². The molecule has 1 fully saturated rings. The van der Waals surface area contributed by atoms with Gasteiger partial charge in [-0.3, -0.25) is 5.10 Å². The van der Waals surface area contributed by atoms with Gasteiger partial charge in [0.05, 0.1) is 0 Å². The van der Waals surface area contributed by atoms with Crippen molar-refractivity contribution in [1.29, 1.82) is 0 Å². The fraction of sp³-hybridized carbons (Fsp3) is 0.455. The van der Waals surface area contributed by atoms with Crippen LogP contribution in [0.5, 0.6) is 0 Å². The van der Waals surface area contributed by atoms with Crippen molar-refractivity contribution < 1.29 is 4.42 Å². The van der Waals surface area contributed by atoms with Gasteiger partial charge in [0.1, 0.15) is 0 Å². The van der Waals surface area contributed by atoms with Crippen LogP contribution in [-0.2, 0) is 0 Å². The maximum absolute atomic E-state index is 5.45. The minimum Gasteiger partial charge on any atom is -0.446 e. The van der Waals surface area contributed by atoms with Gasteiger partial charge in [-0.05, 0) is 41.0 Å². The molecule has 2 aromatic rings. The molecule has 0 unspecified atom stereocenters. The number of nitrogens with zero attached hydrogens (tertiary/aromatic N) is 3. The molecule has 7 heteroatoms. The number of hydrogen-bond acceptors (Lipinski definition) is 5. The van der Waals surface area contributed by atoms with Crippen molar-refractivity contribution in [2.45, 2.75) is 6.42 Å². The maximum Gasteiger partial charge on any atom is 0.245 e. The molecule has 1 aliphatic heterocycles. The number of aromatic amines is 1. The summed E-state index contributed by atoms with van der Waals surface area (Å²) in [7, 11) is 0. The Bertz CT molecular complexity index is 515. The highest BCUT2D eigenvalue weighted by molar-refractivity contribution is 9.10. The van der Waals surface area contributed by atoms with Crippen LogP contribution in [0.15, 0.2) is 21.2 Å². The number of nitrogens with one attached hydrogen (secondary N) is 2. The van der Waals surface area contributed by atoms with Gasteiger partial charge in [0.2, 0.25) is 5.95 Å². The highest BCUT2D eigenvalue weighted by Crippen LogP contribution is 2.23. The summed E-state index contributed by atoms with van der Waals surface area (Å²) in [6.07, 6.45) is 1.11. The monoisotopic (exact) mass is 311 g/mol. The Labute approximate surface area is 113 Å². The molecule has 0 amide bonds. The predicted octanol–water partition coefficient (Wildman–Crippen LogP) is 1.63. The molecule has 1 saturated heterocycles. The lowest BCUT2D eigenvalue weighted by Crippen LogP contribution is -2.28. The number of furan rings is 1. The van der Waals surface area contributed by atoms with Gasteiger partial charge in [-0.2, -0.15) is 4.98 Å². The summed E-state index contributed by atoms with van der Waals surface area (Å²) in [5.41, 5.74) is 0. The first-order valence-electron chi connectivity index (χ1n) is 5.97. The van der Waals surface area contributed by atoms with Crippen LogP contribution in [-0.4, -0.2) is 41.4 Å². The molecule has 3 rings (SSSR count). The van der Waals surface area contributed by atoms with Crippen molar-refractivity contribution in [3.05, 3.63) is 16.8 Å². The highest BCUT2D eigenvalue weighted by Gasteiger charge is 2.16. The van der Waals surface area contributed by atoms with Crippen molar-refractivity contribution in [3.8, 4) is 11.6 Å². The van der Waals surface area contributed by atoms with Crippen LogP contribution >= 0.6 is 15.9 Å². The van der Waals surface area contributed by atoms with Crippen LogP contribution in [0.4, 0.5) is 5.95 Å². The minimum absolute atomic E-state index is 0.660. The molecule has 0 aliphatic carbocycles. The number of anilines is 1. The lowest BCUT2D eigenvalue weighted by molar-refractivity contribution is 0.551. The maximum atomic E-state index is 5.45. The lowest BCUT2D eigenvalue weighted by Gasteiger charge is -2.16. The molecule has 0 atom stereocenters. The third kappa shape index (κ3) is 2.41. The second-order valence-corrected chi connectivity index (χ2v) is 4.96. The summed E-state index contributed by atoms with van der Waals surface area (Å²) in [6, 6.07) is 3.70. The fourth-order valence-corrected chi connectivity index (χ4v) is 2.30. The molecule has 6 nitrogen and oxygen atoms in total. The smallest absolute Gasteiger partial charge is 0.245 e. The lowest BCUT2D eigenvalue weighted by atomic mass is 10.4. The Morgan fingerprint density at radius 3 is 3.06 bits per heavy atom. The number of halogens is 1. The number of aromatic nitrogens is 3. The van der Waals surface area contributed by atoms with E-state index in [2.05, 4.69) is 41.3 Å². The van der Waals surface area contributed by atoms with Crippen LogP contribution in [0.2, 0.25) is 0 Å². The third-order valence-corrected chi connectivity index (χ3v) is 3.33. The molecule has 18 heavy (non-hydrogen) atoms. The first-order chi connectivity index (χ1) is 8.83. The van der Waals surface area contributed by atoms with Gasteiger partial charge in [0, 0.05) is 19.6 Å². The highest BCUT2D eigenvalue weighted by atomic mass is 79.9. The van der Waals surface area contributed by atoms with Crippen LogP contribution < -0.4 is 10.2 Å². The zero-order chi connectivity index (χ0) is 12.4. The van der Waals surface area contributed by atoms with Crippen LogP contribution in [0, 0.1) is 0 Å². The zero-order valence-electron chi connectivity index (χ0n) is 9.82. The quantitative estimate of drug-likeness (QED) is 0.882. The average Bonchev–Trinajstić information content (AvgIpc) is 2.92. The average molecular weight is 312 g/mol. The summed E-state index contributed by atoms with van der Waals surface area (Å²) in [5.74, 6) is 2.09. The Morgan fingerprint density at radius 1 is 1.28 bits per heavy atom. The van der Waals surface area contributed by atoms with E-state index in [1.807, 2.05) is 12.1 Å². The number of hydrogen-bond donors (Lipinski definition) is 2. The normalized spacial score (nSPS) is 16.8. The van der Waals surface area contributed by atoms with Gasteiger partial charge in [-0.15, -0.1) is 5.10 Å². The SMILES string of the molecule is Brc1ccc(-c2nc(N3CCCNCC3)n[nH]2)o1. The van der Waals surface area contributed by atoms with E-state index >= 15 is 0 Å². The molecular formula is C11H14BrN5O. The van der Waals surface area contributed by atoms with Crippen LogP contribution in [0.25, 0.3) is 11.6 Å². The molecular weight excluding hydrogens is 298 g/mol. The van der Waals surface area contributed by atoms with E-state index in [1.54, 1.807) is 0 Å². The van der Waals surface area contributed by atoms with Crippen molar-refractivity contribution in [3.63, 3.8) is 0 Å². The Balaban J connectivity index is 1.80. The number of H-pyrrole nitrogens is 1. The van der Waals surface area contributed by atoms with E-state index in [4.69, 9.17) is 4.42 Å². The van der Waals surface area contributed by atoms with Gasteiger partial charge in [-0.25, -0.2) is 0 Å². The molecule has 96 valence electrons. The van der Waals surface area contributed by atoms with Gasteiger partial charge in [0.15, 0.2) is 16.3 Å². The number of rotatable bonds is 2. The zero-order valence-corrected chi connectivity index (χ0v) is 11.4. The summed E-state index contributed by atoms with van der Waals surface area (Å²) in [4.78, 5) is 6.65. The fourth-order valence-electron chi connectivity index (χ4n) is 1.99. The van der Waals surface area contributed by atoms with Gasteiger partial charge < -0.3 is 14.6 Å². The third-order valence-electron chi connectivity index (χ3n) is 2.90. The molecule has 0 radical (unpaired) electrons. The summed E-state index contributed by atoms with van der Waals surface area (Å²) < 4.78 is 6.14. The van der Waals surface area contributed by atoms with Crippen molar-refractivity contribution >= 4 is 21.9 Å². The topological polar surface area (TPSA) is 70.0 Å². The van der Waals surface area contributed by atoms with E-state index < -0.39 is 0 Å². The Kier molecular flexibility index (Phi) is 3.33. The molecule has 2 aromatic heterocycles. The molecule has 1 aliphatic rings. The predicted molar refractivity (Wildman–Crippen MR) is 71.5 cm³/mol. The molecule has 0 spiro atoms.